The molecule has 0 aromatic rings. The van der Waals surface area contributed by atoms with Crippen LogP contribution in [0.4, 0.5) is 0 Å². The average molecular weight is 224 g/mol. The summed E-state index contributed by atoms with van der Waals surface area (Å²) in [4.78, 5) is 12.0. The fourth-order valence-electron chi connectivity index (χ4n) is 2.75. The molecule has 2 aliphatic carbocycles. The topological polar surface area (TPSA) is 55.1 Å². The quantitative estimate of drug-likeness (QED) is 0.704. The van der Waals surface area contributed by atoms with Gasteiger partial charge in [-0.05, 0) is 44.4 Å². The molecule has 1 amide bonds. The van der Waals surface area contributed by atoms with Crippen molar-refractivity contribution in [2.75, 3.05) is 0 Å². The second kappa shape index (κ2) is 4.74. The van der Waals surface area contributed by atoms with Gasteiger partial charge >= 0.3 is 0 Å². The first-order chi connectivity index (χ1) is 7.60. The highest BCUT2D eigenvalue weighted by molar-refractivity contribution is 5.87. The van der Waals surface area contributed by atoms with Gasteiger partial charge in [0.1, 0.15) is 0 Å². The van der Waals surface area contributed by atoms with Gasteiger partial charge in [-0.15, -0.1) is 0 Å². The summed E-state index contributed by atoms with van der Waals surface area (Å²) in [5.74, 6) is 0.913. The monoisotopic (exact) mass is 224 g/mol. The molecule has 0 aromatic heterocycles. The van der Waals surface area contributed by atoms with Crippen LogP contribution in [-0.4, -0.2) is 17.5 Å². The Morgan fingerprint density at radius 2 is 1.94 bits per heavy atom. The van der Waals surface area contributed by atoms with Gasteiger partial charge < -0.3 is 11.1 Å². The van der Waals surface area contributed by atoms with Crippen LogP contribution in [0.2, 0.25) is 0 Å². The van der Waals surface area contributed by atoms with Crippen molar-refractivity contribution in [1.29, 1.82) is 0 Å². The van der Waals surface area contributed by atoms with Crippen molar-refractivity contribution in [1.82, 2.24) is 5.32 Å². The van der Waals surface area contributed by atoms with E-state index in [0.717, 1.165) is 38.0 Å². The Balaban J connectivity index is 1.82. The molecule has 3 heteroatoms. The highest BCUT2D eigenvalue weighted by Gasteiger charge is 2.40. The standard InChI is InChI=1S/C13H24N2O/c1-10-4-2-5-11(7-6-10)15-12(16)13(14)8-3-9-13/h10-11H,2-9,14H2,1H3,(H,15,16). The molecule has 0 aromatic carbocycles. The van der Waals surface area contributed by atoms with Crippen LogP contribution in [0.1, 0.15) is 58.3 Å². The zero-order chi connectivity index (χ0) is 11.6. The van der Waals surface area contributed by atoms with Gasteiger partial charge in [0.25, 0.3) is 0 Å². The summed E-state index contributed by atoms with van der Waals surface area (Å²) >= 11 is 0. The number of hydrogen-bond acceptors (Lipinski definition) is 2. The molecule has 92 valence electrons. The van der Waals surface area contributed by atoms with Gasteiger partial charge in [0.2, 0.25) is 5.91 Å². The van der Waals surface area contributed by atoms with Crippen LogP contribution in [0.5, 0.6) is 0 Å². The largest absolute Gasteiger partial charge is 0.352 e. The smallest absolute Gasteiger partial charge is 0.240 e. The Hall–Kier alpha value is -0.570. The molecule has 3 N–H and O–H groups in total. The van der Waals surface area contributed by atoms with E-state index in [1.807, 2.05) is 0 Å². The Morgan fingerprint density at radius 3 is 2.56 bits per heavy atom. The van der Waals surface area contributed by atoms with Gasteiger partial charge in [-0.25, -0.2) is 0 Å². The van der Waals surface area contributed by atoms with E-state index in [0.29, 0.717) is 6.04 Å². The van der Waals surface area contributed by atoms with E-state index in [4.69, 9.17) is 5.73 Å². The van der Waals surface area contributed by atoms with Crippen molar-refractivity contribution < 1.29 is 4.79 Å². The molecule has 0 radical (unpaired) electrons. The number of hydrogen-bond donors (Lipinski definition) is 2. The Morgan fingerprint density at radius 1 is 1.19 bits per heavy atom. The Labute approximate surface area is 98.2 Å². The normalized spacial score (nSPS) is 33.6. The van der Waals surface area contributed by atoms with E-state index in [-0.39, 0.29) is 5.91 Å². The van der Waals surface area contributed by atoms with Gasteiger partial charge in [0.15, 0.2) is 0 Å². The van der Waals surface area contributed by atoms with E-state index in [1.165, 1.54) is 19.3 Å². The molecule has 2 fully saturated rings. The minimum absolute atomic E-state index is 0.0957. The third kappa shape index (κ3) is 2.57. The van der Waals surface area contributed by atoms with Crippen LogP contribution in [0.15, 0.2) is 0 Å². The highest BCUT2D eigenvalue weighted by Crippen LogP contribution is 2.30. The lowest BCUT2D eigenvalue weighted by Crippen LogP contribution is -2.60. The lowest BCUT2D eigenvalue weighted by molar-refractivity contribution is -0.130. The lowest BCUT2D eigenvalue weighted by Gasteiger charge is -2.37. The van der Waals surface area contributed by atoms with Crippen LogP contribution >= 0.6 is 0 Å². The third-order valence-corrected chi connectivity index (χ3v) is 4.29. The summed E-state index contributed by atoms with van der Waals surface area (Å²) in [6, 6.07) is 0.374. The SMILES string of the molecule is CC1CCCC(NC(=O)C2(N)CCC2)CC1. The highest BCUT2D eigenvalue weighted by atomic mass is 16.2. The first-order valence-electron chi connectivity index (χ1n) is 6.70. The van der Waals surface area contributed by atoms with Crippen LogP contribution in [0.25, 0.3) is 0 Å². The molecule has 0 bridgehead atoms. The maximum atomic E-state index is 12.0. The molecule has 16 heavy (non-hydrogen) atoms. The molecule has 0 aliphatic heterocycles. The van der Waals surface area contributed by atoms with Crippen molar-refractivity contribution in [2.45, 2.75) is 69.9 Å². The summed E-state index contributed by atoms with van der Waals surface area (Å²) in [5.41, 5.74) is 5.49. The fraction of sp³-hybridized carbons (Fsp3) is 0.923. The molecule has 3 nitrogen and oxygen atoms in total. The number of nitrogens with one attached hydrogen (secondary N) is 1. The molecule has 0 heterocycles. The van der Waals surface area contributed by atoms with Gasteiger partial charge in [0, 0.05) is 6.04 Å². The number of rotatable bonds is 2. The fourth-order valence-corrected chi connectivity index (χ4v) is 2.75. The van der Waals surface area contributed by atoms with Crippen LogP contribution in [0.3, 0.4) is 0 Å². The summed E-state index contributed by atoms with van der Waals surface area (Å²) in [6.45, 7) is 2.31. The summed E-state index contributed by atoms with van der Waals surface area (Å²) in [7, 11) is 0. The molecule has 2 saturated carbocycles. The molecule has 2 aliphatic rings. The molecular formula is C13H24N2O. The summed E-state index contributed by atoms with van der Waals surface area (Å²) in [5, 5.41) is 3.16. The molecular weight excluding hydrogens is 200 g/mol. The van der Waals surface area contributed by atoms with Crippen molar-refractivity contribution in [3.05, 3.63) is 0 Å². The molecule has 2 rings (SSSR count). The third-order valence-electron chi connectivity index (χ3n) is 4.29. The van der Waals surface area contributed by atoms with Crippen LogP contribution < -0.4 is 11.1 Å². The van der Waals surface area contributed by atoms with Gasteiger partial charge in [-0.2, -0.15) is 0 Å². The Kier molecular flexibility index (Phi) is 3.53. The van der Waals surface area contributed by atoms with E-state index in [2.05, 4.69) is 12.2 Å². The maximum Gasteiger partial charge on any atom is 0.240 e. The lowest BCUT2D eigenvalue weighted by atomic mass is 9.77. The van der Waals surface area contributed by atoms with Gasteiger partial charge in [-0.3, -0.25) is 4.79 Å². The van der Waals surface area contributed by atoms with E-state index in [1.54, 1.807) is 0 Å². The minimum atomic E-state index is -0.530. The number of nitrogens with two attached hydrogens (primary N) is 1. The second-order valence-corrected chi connectivity index (χ2v) is 5.79. The van der Waals surface area contributed by atoms with Crippen molar-refractivity contribution in [3.8, 4) is 0 Å². The number of amides is 1. The molecule has 0 spiro atoms. The predicted molar refractivity (Wildman–Crippen MR) is 64.9 cm³/mol. The summed E-state index contributed by atoms with van der Waals surface area (Å²) < 4.78 is 0. The first-order valence-corrected chi connectivity index (χ1v) is 6.70. The number of carbonyl (C=O) groups excluding carboxylic acids is 1. The van der Waals surface area contributed by atoms with Crippen molar-refractivity contribution in [3.63, 3.8) is 0 Å². The first kappa shape index (κ1) is 11.9. The van der Waals surface area contributed by atoms with E-state index >= 15 is 0 Å². The van der Waals surface area contributed by atoms with Gasteiger partial charge in [-0.1, -0.05) is 19.8 Å². The van der Waals surface area contributed by atoms with Crippen molar-refractivity contribution in [2.24, 2.45) is 11.7 Å². The van der Waals surface area contributed by atoms with Crippen LogP contribution in [-0.2, 0) is 4.79 Å². The maximum absolute atomic E-state index is 12.0. The second-order valence-electron chi connectivity index (χ2n) is 5.79. The molecule has 2 unspecified atom stereocenters. The molecule has 2 atom stereocenters. The summed E-state index contributed by atoms with van der Waals surface area (Å²) in [6.07, 6.45) is 8.87. The Bertz CT molecular complexity index is 261. The zero-order valence-electron chi connectivity index (χ0n) is 10.3. The van der Waals surface area contributed by atoms with Crippen LogP contribution in [0, 0.1) is 5.92 Å². The van der Waals surface area contributed by atoms with E-state index in [9.17, 15) is 4.79 Å². The zero-order valence-corrected chi connectivity index (χ0v) is 10.3. The molecule has 0 saturated heterocycles. The van der Waals surface area contributed by atoms with Gasteiger partial charge in [0.05, 0.1) is 5.54 Å². The predicted octanol–water partition coefficient (Wildman–Crippen LogP) is 1.95. The number of carbonyl (C=O) groups is 1. The average Bonchev–Trinajstić information content (AvgIpc) is 2.40. The minimum Gasteiger partial charge on any atom is -0.352 e. The van der Waals surface area contributed by atoms with E-state index < -0.39 is 5.54 Å². The van der Waals surface area contributed by atoms with Crippen molar-refractivity contribution >= 4 is 5.91 Å².